The highest BCUT2D eigenvalue weighted by atomic mass is 32.2. The van der Waals surface area contributed by atoms with Gasteiger partial charge in [0, 0.05) is 5.75 Å². The summed E-state index contributed by atoms with van der Waals surface area (Å²) in [6.45, 7) is 6.21. The molecule has 1 fully saturated rings. The Bertz CT molecular complexity index is 579. The molecule has 23 heavy (non-hydrogen) atoms. The van der Waals surface area contributed by atoms with Crippen LogP contribution in [0.15, 0.2) is 24.3 Å². The molecule has 0 spiro atoms. The fraction of sp³-hybridized carbons (Fsp3) is 0.529. The van der Waals surface area contributed by atoms with E-state index in [0.717, 1.165) is 6.42 Å². The summed E-state index contributed by atoms with van der Waals surface area (Å²) in [5.41, 5.74) is -0.00561. The van der Waals surface area contributed by atoms with E-state index in [1.165, 1.54) is 34.9 Å². The summed E-state index contributed by atoms with van der Waals surface area (Å²) >= 11 is 1.54. The molecule has 1 aliphatic rings. The van der Waals surface area contributed by atoms with Crippen molar-refractivity contribution in [2.24, 2.45) is 5.92 Å². The minimum absolute atomic E-state index is 0.00561. The van der Waals surface area contributed by atoms with Gasteiger partial charge < -0.3 is 9.64 Å². The van der Waals surface area contributed by atoms with Crippen molar-refractivity contribution in [3.05, 3.63) is 35.6 Å². The zero-order valence-corrected chi connectivity index (χ0v) is 14.4. The quantitative estimate of drug-likeness (QED) is 0.772. The molecule has 1 amide bonds. The Kier molecular flexibility index (Phi) is 6.04. The van der Waals surface area contributed by atoms with Gasteiger partial charge in [0.1, 0.15) is 11.9 Å². The third-order valence-corrected chi connectivity index (χ3v) is 5.29. The SMILES string of the molecule is CCCOC(=O)[C@H]1CS[C@@H](C(C)C)N1C(=O)c1ccccc1F. The molecule has 2 atom stereocenters. The van der Waals surface area contributed by atoms with E-state index in [-0.39, 0.29) is 16.9 Å². The summed E-state index contributed by atoms with van der Waals surface area (Å²) in [4.78, 5) is 26.6. The van der Waals surface area contributed by atoms with Crippen LogP contribution in [-0.2, 0) is 9.53 Å². The molecular formula is C17H22FNO3S. The third kappa shape index (κ3) is 3.86. The summed E-state index contributed by atoms with van der Waals surface area (Å²) in [6.07, 6.45) is 0.723. The molecule has 0 N–H and O–H groups in total. The zero-order valence-electron chi connectivity index (χ0n) is 13.6. The fourth-order valence-electron chi connectivity index (χ4n) is 2.55. The average Bonchev–Trinajstić information content (AvgIpc) is 2.97. The van der Waals surface area contributed by atoms with Gasteiger partial charge >= 0.3 is 5.97 Å². The van der Waals surface area contributed by atoms with Crippen LogP contribution in [0.3, 0.4) is 0 Å². The molecule has 2 rings (SSSR count). The number of thioether (sulfide) groups is 1. The van der Waals surface area contributed by atoms with Crippen molar-refractivity contribution in [1.82, 2.24) is 4.90 Å². The average molecular weight is 339 g/mol. The Labute approximate surface area is 140 Å². The topological polar surface area (TPSA) is 46.6 Å². The number of carbonyl (C=O) groups excluding carboxylic acids is 2. The molecule has 1 heterocycles. The van der Waals surface area contributed by atoms with Crippen molar-refractivity contribution in [3.8, 4) is 0 Å². The number of esters is 1. The first kappa shape index (κ1) is 17.8. The molecule has 1 aliphatic heterocycles. The predicted octanol–water partition coefficient (Wildman–Crippen LogP) is 3.32. The van der Waals surface area contributed by atoms with Gasteiger partial charge in [-0.3, -0.25) is 4.79 Å². The van der Waals surface area contributed by atoms with Gasteiger partial charge in [-0.2, -0.15) is 0 Å². The number of halogens is 1. The maximum Gasteiger partial charge on any atom is 0.329 e. The maximum absolute atomic E-state index is 14.0. The van der Waals surface area contributed by atoms with Crippen LogP contribution in [0.2, 0.25) is 0 Å². The normalized spacial score (nSPS) is 20.8. The van der Waals surface area contributed by atoms with Crippen molar-refractivity contribution >= 4 is 23.6 Å². The summed E-state index contributed by atoms with van der Waals surface area (Å²) in [5.74, 6) is -0.805. The summed E-state index contributed by atoms with van der Waals surface area (Å²) in [6, 6.07) is 5.20. The van der Waals surface area contributed by atoms with Gasteiger partial charge in [-0.15, -0.1) is 11.8 Å². The van der Waals surface area contributed by atoms with Crippen LogP contribution in [0.4, 0.5) is 4.39 Å². The van der Waals surface area contributed by atoms with Gasteiger partial charge in [0.2, 0.25) is 0 Å². The molecule has 126 valence electrons. The first-order chi connectivity index (χ1) is 11.0. The van der Waals surface area contributed by atoms with E-state index in [2.05, 4.69) is 0 Å². The molecule has 4 nitrogen and oxygen atoms in total. The number of hydrogen-bond donors (Lipinski definition) is 0. The summed E-state index contributed by atoms with van der Waals surface area (Å²) in [7, 11) is 0. The minimum atomic E-state index is -0.661. The monoisotopic (exact) mass is 339 g/mol. The molecular weight excluding hydrogens is 317 g/mol. The first-order valence-corrected chi connectivity index (χ1v) is 8.87. The Balaban J connectivity index is 2.29. The van der Waals surface area contributed by atoms with Crippen LogP contribution < -0.4 is 0 Å². The maximum atomic E-state index is 14.0. The van der Waals surface area contributed by atoms with E-state index < -0.39 is 23.7 Å². The second-order valence-corrected chi connectivity index (χ2v) is 6.99. The number of ether oxygens (including phenoxy) is 1. The highest BCUT2D eigenvalue weighted by molar-refractivity contribution is 8.00. The van der Waals surface area contributed by atoms with E-state index in [4.69, 9.17) is 4.74 Å². The van der Waals surface area contributed by atoms with Crippen LogP contribution >= 0.6 is 11.8 Å². The lowest BCUT2D eigenvalue weighted by molar-refractivity contribution is -0.148. The summed E-state index contributed by atoms with van der Waals surface area (Å²) in [5, 5.41) is -0.165. The molecule has 0 bridgehead atoms. The molecule has 1 aromatic carbocycles. The largest absolute Gasteiger partial charge is 0.464 e. The van der Waals surface area contributed by atoms with E-state index in [9.17, 15) is 14.0 Å². The number of rotatable bonds is 5. The van der Waals surface area contributed by atoms with Gasteiger partial charge in [0.05, 0.1) is 17.5 Å². The minimum Gasteiger partial charge on any atom is -0.464 e. The van der Waals surface area contributed by atoms with Gasteiger partial charge in [0.25, 0.3) is 5.91 Å². The third-order valence-electron chi connectivity index (χ3n) is 3.66. The zero-order chi connectivity index (χ0) is 17.0. The number of nitrogens with zero attached hydrogens (tertiary/aromatic N) is 1. The van der Waals surface area contributed by atoms with Crippen LogP contribution in [0, 0.1) is 11.7 Å². The van der Waals surface area contributed by atoms with E-state index in [1.807, 2.05) is 20.8 Å². The molecule has 6 heteroatoms. The first-order valence-electron chi connectivity index (χ1n) is 7.82. The second kappa shape index (κ2) is 7.81. The van der Waals surface area contributed by atoms with Gasteiger partial charge in [0.15, 0.2) is 0 Å². The van der Waals surface area contributed by atoms with E-state index >= 15 is 0 Å². The Hall–Kier alpha value is -1.56. The van der Waals surface area contributed by atoms with Crippen LogP contribution in [0.1, 0.15) is 37.6 Å². The lowest BCUT2D eigenvalue weighted by Gasteiger charge is -2.30. The van der Waals surface area contributed by atoms with Gasteiger partial charge in [-0.05, 0) is 24.5 Å². The van der Waals surface area contributed by atoms with Crippen LogP contribution in [0.5, 0.6) is 0 Å². The molecule has 0 unspecified atom stereocenters. The van der Waals surface area contributed by atoms with E-state index in [0.29, 0.717) is 12.4 Å². The van der Waals surface area contributed by atoms with Gasteiger partial charge in [-0.25, -0.2) is 9.18 Å². The Morgan fingerprint density at radius 1 is 1.39 bits per heavy atom. The Morgan fingerprint density at radius 3 is 2.70 bits per heavy atom. The van der Waals surface area contributed by atoms with Crippen molar-refractivity contribution < 1.29 is 18.7 Å². The van der Waals surface area contributed by atoms with Crippen LogP contribution in [0.25, 0.3) is 0 Å². The molecule has 0 aromatic heterocycles. The number of benzene rings is 1. The second-order valence-electron chi connectivity index (χ2n) is 5.84. The lowest BCUT2D eigenvalue weighted by Crippen LogP contribution is -2.48. The fourth-order valence-corrected chi connectivity index (χ4v) is 4.02. The standard InChI is InChI=1S/C17H22FNO3S/c1-4-9-22-17(21)14-10-23-16(11(2)3)19(14)15(20)12-7-5-6-8-13(12)18/h5-8,11,14,16H,4,9-10H2,1-3H3/t14-,16+/m1/s1. The van der Waals surface area contributed by atoms with Crippen molar-refractivity contribution in [2.75, 3.05) is 12.4 Å². The van der Waals surface area contributed by atoms with Gasteiger partial charge in [-0.1, -0.05) is 32.9 Å². The molecule has 1 saturated heterocycles. The summed E-state index contributed by atoms with van der Waals surface area (Å²) < 4.78 is 19.2. The van der Waals surface area contributed by atoms with Crippen LogP contribution in [-0.4, -0.2) is 40.6 Å². The van der Waals surface area contributed by atoms with Crippen molar-refractivity contribution in [2.45, 2.75) is 38.6 Å². The number of amides is 1. The van der Waals surface area contributed by atoms with Crippen molar-refractivity contribution in [3.63, 3.8) is 0 Å². The molecule has 0 saturated carbocycles. The molecule has 1 aromatic rings. The smallest absolute Gasteiger partial charge is 0.329 e. The highest BCUT2D eigenvalue weighted by Gasteiger charge is 2.44. The predicted molar refractivity (Wildman–Crippen MR) is 88.7 cm³/mol. The lowest BCUT2D eigenvalue weighted by atomic mass is 10.1. The Morgan fingerprint density at radius 2 is 2.09 bits per heavy atom. The number of hydrogen-bond acceptors (Lipinski definition) is 4. The van der Waals surface area contributed by atoms with Crippen molar-refractivity contribution in [1.29, 1.82) is 0 Å². The molecule has 0 aliphatic carbocycles. The van der Waals surface area contributed by atoms with E-state index in [1.54, 1.807) is 6.07 Å². The molecule has 0 radical (unpaired) electrons. The number of carbonyl (C=O) groups is 2. The highest BCUT2D eigenvalue weighted by Crippen LogP contribution is 2.35.